The number of aromatic nitrogens is 2. The Bertz CT molecular complexity index is 991. The fourth-order valence-electron chi connectivity index (χ4n) is 4.08. The van der Waals surface area contributed by atoms with E-state index in [0.717, 1.165) is 63.2 Å². The SMILES string of the molecule is CN=C(NCCc1nccn1Cc1ccccc1)N1CCN(c2ccc(OC)cc2)CC1. The summed E-state index contributed by atoms with van der Waals surface area (Å²) in [6.07, 6.45) is 4.78. The van der Waals surface area contributed by atoms with Crippen molar-refractivity contribution in [1.82, 2.24) is 19.8 Å². The lowest BCUT2D eigenvalue weighted by Crippen LogP contribution is -2.52. The number of rotatable bonds is 7. The monoisotopic (exact) mass is 432 g/mol. The number of methoxy groups -OCH3 is 1. The van der Waals surface area contributed by atoms with Gasteiger partial charge in [0.2, 0.25) is 0 Å². The molecule has 1 fully saturated rings. The largest absolute Gasteiger partial charge is 0.497 e. The number of hydrogen-bond acceptors (Lipinski definition) is 4. The molecule has 1 aliphatic heterocycles. The number of anilines is 1. The van der Waals surface area contributed by atoms with Crippen LogP contribution < -0.4 is 15.0 Å². The van der Waals surface area contributed by atoms with Crippen molar-refractivity contribution in [2.75, 3.05) is 51.8 Å². The van der Waals surface area contributed by atoms with Gasteiger partial charge in [0, 0.05) is 70.8 Å². The highest BCUT2D eigenvalue weighted by Gasteiger charge is 2.20. The predicted molar refractivity (Wildman–Crippen MR) is 130 cm³/mol. The number of piperazine rings is 1. The zero-order valence-corrected chi connectivity index (χ0v) is 18.9. The van der Waals surface area contributed by atoms with Gasteiger partial charge in [0.15, 0.2) is 5.96 Å². The maximum absolute atomic E-state index is 5.26. The fraction of sp³-hybridized carbons (Fsp3) is 0.360. The predicted octanol–water partition coefficient (Wildman–Crippen LogP) is 2.88. The van der Waals surface area contributed by atoms with Crippen molar-refractivity contribution < 1.29 is 4.74 Å². The molecule has 2 heterocycles. The average molecular weight is 433 g/mol. The van der Waals surface area contributed by atoms with Gasteiger partial charge in [-0.2, -0.15) is 0 Å². The van der Waals surface area contributed by atoms with Crippen molar-refractivity contribution in [3.63, 3.8) is 0 Å². The van der Waals surface area contributed by atoms with Crippen LogP contribution in [-0.4, -0.2) is 67.3 Å². The summed E-state index contributed by atoms with van der Waals surface area (Å²) in [6.45, 7) is 5.46. The Hall–Kier alpha value is -3.48. The Morgan fingerprint density at radius 3 is 2.47 bits per heavy atom. The van der Waals surface area contributed by atoms with Gasteiger partial charge >= 0.3 is 0 Å². The minimum absolute atomic E-state index is 0.803. The molecular formula is C25H32N6O. The highest BCUT2D eigenvalue weighted by molar-refractivity contribution is 5.80. The minimum atomic E-state index is 0.803. The van der Waals surface area contributed by atoms with Gasteiger partial charge in [0.05, 0.1) is 7.11 Å². The van der Waals surface area contributed by atoms with Gasteiger partial charge in [-0.15, -0.1) is 0 Å². The Morgan fingerprint density at radius 2 is 1.78 bits per heavy atom. The van der Waals surface area contributed by atoms with Gasteiger partial charge in [-0.3, -0.25) is 4.99 Å². The van der Waals surface area contributed by atoms with Crippen LogP contribution in [0.15, 0.2) is 72.0 Å². The summed E-state index contributed by atoms with van der Waals surface area (Å²) >= 11 is 0. The van der Waals surface area contributed by atoms with E-state index in [0.29, 0.717) is 0 Å². The zero-order valence-electron chi connectivity index (χ0n) is 18.9. The molecule has 3 aromatic rings. The molecule has 0 bridgehead atoms. The fourth-order valence-corrected chi connectivity index (χ4v) is 4.08. The highest BCUT2D eigenvalue weighted by atomic mass is 16.5. The van der Waals surface area contributed by atoms with Crippen molar-refractivity contribution in [3.8, 4) is 5.75 Å². The third-order valence-electron chi connectivity index (χ3n) is 5.86. The first-order valence-corrected chi connectivity index (χ1v) is 11.2. The Kier molecular flexibility index (Phi) is 7.27. The number of ether oxygens (including phenoxy) is 1. The van der Waals surface area contributed by atoms with Crippen molar-refractivity contribution in [2.45, 2.75) is 13.0 Å². The van der Waals surface area contributed by atoms with Crippen molar-refractivity contribution in [2.24, 2.45) is 4.99 Å². The van der Waals surface area contributed by atoms with Gasteiger partial charge < -0.3 is 24.4 Å². The molecule has 7 nitrogen and oxygen atoms in total. The third kappa shape index (κ3) is 5.41. The summed E-state index contributed by atoms with van der Waals surface area (Å²) in [5.74, 6) is 2.93. The van der Waals surface area contributed by atoms with Crippen LogP contribution in [0.2, 0.25) is 0 Å². The summed E-state index contributed by atoms with van der Waals surface area (Å²) in [7, 11) is 3.55. The number of hydrogen-bond donors (Lipinski definition) is 1. The molecule has 7 heteroatoms. The Labute approximate surface area is 190 Å². The summed E-state index contributed by atoms with van der Waals surface area (Å²) < 4.78 is 7.48. The number of nitrogens with zero attached hydrogens (tertiary/aromatic N) is 5. The van der Waals surface area contributed by atoms with Crippen LogP contribution in [0.1, 0.15) is 11.4 Å². The molecule has 1 aliphatic rings. The molecule has 0 aliphatic carbocycles. The lowest BCUT2D eigenvalue weighted by molar-refractivity contribution is 0.372. The van der Waals surface area contributed by atoms with Gasteiger partial charge in [-0.25, -0.2) is 4.98 Å². The molecule has 4 rings (SSSR count). The summed E-state index contributed by atoms with van der Waals surface area (Å²) in [5, 5.41) is 3.53. The van der Waals surface area contributed by atoms with E-state index in [1.54, 1.807) is 7.11 Å². The van der Waals surface area contributed by atoms with Crippen LogP contribution in [0, 0.1) is 0 Å². The number of imidazole rings is 1. The van der Waals surface area contributed by atoms with Gasteiger partial charge in [-0.1, -0.05) is 30.3 Å². The molecular weight excluding hydrogens is 400 g/mol. The number of aliphatic imine (C=N–C) groups is 1. The maximum Gasteiger partial charge on any atom is 0.193 e. The van der Waals surface area contributed by atoms with Crippen LogP contribution in [0.4, 0.5) is 5.69 Å². The van der Waals surface area contributed by atoms with Crippen LogP contribution in [0.5, 0.6) is 5.75 Å². The minimum Gasteiger partial charge on any atom is -0.497 e. The van der Waals surface area contributed by atoms with E-state index >= 15 is 0 Å². The lowest BCUT2D eigenvalue weighted by Gasteiger charge is -2.37. The van der Waals surface area contributed by atoms with Crippen molar-refractivity contribution >= 4 is 11.6 Å². The molecule has 0 saturated carbocycles. The Morgan fingerprint density at radius 1 is 1.03 bits per heavy atom. The quantitative estimate of drug-likeness (QED) is 0.460. The molecule has 0 atom stereocenters. The van der Waals surface area contributed by atoms with Crippen LogP contribution in [-0.2, 0) is 13.0 Å². The maximum atomic E-state index is 5.26. The Balaban J connectivity index is 1.26. The molecule has 0 amide bonds. The van der Waals surface area contributed by atoms with Gasteiger partial charge in [0.25, 0.3) is 0 Å². The van der Waals surface area contributed by atoms with Crippen molar-refractivity contribution in [1.29, 1.82) is 0 Å². The smallest absolute Gasteiger partial charge is 0.193 e. The molecule has 0 radical (unpaired) electrons. The topological polar surface area (TPSA) is 57.9 Å². The van der Waals surface area contributed by atoms with Crippen LogP contribution in [0.3, 0.4) is 0 Å². The van der Waals surface area contributed by atoms with Gasteiger partial charge in [0.1, 0.15) is 11.6 Å². The second-order valence-electron chi connectivity index (χ2n) is 7.85. The summed E-state index contributed by atoms with van der Waals surface area (Å²) in [5.41, 5.74) is 2.52. The van der Waals surface area contributed by atoms with E-state index in [-0.39, 0.29) is 0 Å². The molecule has 0 spiro atoms. The van der Waals surface area contributed by atoms with E-state index in [1.165, 1.54) is 11.3 Å². The molecule has 1 saturated heterocycles. The molecule has 32 heavy (non-hydrogen) atoms. The summed E-state index contributed by atoms with van der Waals surface area (Å²) in [4.78, 5) is 13.8. The van der Waals surface area contributed by atoms with E-state index in [1.807, 2.05) is 31.4 Å². The van der Waals surface area contributed by atoms with Crippen LogP contribution >= 0.6 is 0 Å². The zero-order chi connectivity index (χ0) is 22.2. The van der Waals surface area contributed by atoms with E-state index in [2.05, 4.69) is 72.3 Å². The van der Waals surface area contributed by atoms with E-state index in [4.69, 9.17) is 4.74 Å². The van der Waals surface area contributed by atoms with E-state index < -0.39 is 0 Å². The first kappa shape index (κ1) is 21.7. The molecule has 1 N–H and O–H groups in total. The highest BCUT2D eigenvalue weighted by Crippen LogP contribution is 2.20. The first-order chi connectivity index (χ1) is 15.8. The first-order valence-electron chi connectivity index (χ1n) is 11.2. The van der Waals surface area contributed by atoms with E-state index in [9.17, 15) is 0 Å². The number of benzene rings is 2. The number of guanidine groups is 1. The van der Waals surface area contributed by atoms with Gasteiger partial charge in [-0.05, 0) is 29.8 Å². The molecule has 1 aromatic heterocycles. The second kappa shape index (κ2) is 10.7. The van der Waals surface area contributed by atoms with Crippen molar-refractivity contribution in [3.05, 3.63) is 78.4 Å². The summed E-state index contributed by atoms with van der Waals surface area (Å²) in [6, 6.07) is 18.8. The standard InChI is InChI=1S/C25H32N6O/c1-26-25(30-18-16-29(17-19-30)22-8-10-23(32-2)11-9-22)28-13-12-24-27-14-15-31(24)20-21-6-4-3-5-7-21/h3-11,14-15H,12-13,16-20H2,1-2H3,(H,26,28). The average Bonchev–Trinajstić information content (AvgIpc) is 3.29. The normalized spacial score (nSPS) is 14.5. The van der Waals surface area contributed by atoms with Crippen LogP contribution in [0.25, 0.3) is 0 Å². The molecule has 2 aromatic carbocycles. The number of nitrogens with one attached hydrogen (secondary N) is 1. The second-order valence-corrected chi connectivity index (χ2v) is 7.85. The lowest BCUT2D eigenvalue weighted by atomic mass is 10.2. The molecule has 0 unspecified atom stereocenters. The molecule has 168 valence electrons. The third-order valence-corrected chi connectivity index (χ3v) is 5.86.